The topological polar surface area (TPSA) is 90.0 Å². The van der Waals surface area contributed by atoms with Crippen LogP contribution in [0.4, 0.5) is 0 Å². The van der Waals surface area contributed by atoms with Crippen LogP contribution in [0.2, 0.25) is 0 Å². The van der Waals surface area contributed by atoms with Crippen molar-refractivity contribution in [2.45, 2.75) is 57.7 Å². The van der Waals surface area contributed by atoms with Crippen LogP contribution in [-0.4, -0.2) is 67.0 Å². The van der Waals surface area contributed by atoms with E-state index < -0.39 is 16.2 Å². The van der Waals surface area contributed by atoms with Gasteiger partial charge in [-0.1, -0.05) is 0 Å². The third-order valence-corrected chi connectivity index (χ3v) is 6.39. The third-order valence-electron chi connectivity index (χ3n) is 4.58. The Labute approximate surface area is 132 Å². The summed E-state index contributed by atoms with van der Waals surface area (Å²) >= 11 is 0. The number of nitrogens with zero attached hydrogens (tertiary/aromatic N) is 2. The number of aliphatic carboxylic acids is 1. The van der Waals surface area contributed by atoms with Gasteiger partial charge in [0.15, 0.2) is 0 Å². The van der Waals surface area contributed by atoms with Gasteiger partial charge in [0.05, 0.1) is 6.54 Å². The molecule has 2 N–H and O–H groups in total. The second-order valence-electron chi connectivity index (χ2n) is 6.82. The van der Waals surface area contributed by atoms with Gasteiger partial charge in [0, 0.05) is 31.7 Å². The zero-order valence-electron chi connectivity index (χ0n) is 13.5. The van der Waals surface area contributed by atoms with Crippen LogP contribution in [-0.2, 0) is 15.0 Å². The van der Waals surface area contributed by atoms with E-state index in [1.807, 2.05) is 18.7 Å². The minimum atomic E-state index is -3.45. The van der Waals surface area contributed by atoms with Crippen molar-refractivity contribution in [2.24, 2.45) is 5.92 Å². The van der Waals surface area contributed by atoms with Gasteiger partial charge in [0.1, 0.15) is 0 Å². The Morgan fingerprint density at radius 3 is 2.36 bits per heavy atom. The third kappa shape index (κ3) is 4.65. The van der Waals surface area contributed by atoms with Gasteiger partial charge in [-0.2, -0.15) is 17.4 Å². The molecule has 2 aliphatic carbocycles. The van der Waals surface area contributed by atoms with E-state index >= 15 is 0 Å². The molecule has 128 valence electrons. The van der Waals surface area contributed by atoms with Gasteiger partial charge in [-0.15, -0.1) is 0 Å². The monoisotopic (exact) mass is 333 g/mol. The normalized spacial score (nSPS) is 25.7. The molecule has 0 aliphatic heterocycles. The van der Waals surface area contributed by atoms with Crippen LogP contribution in [0.1, 0.15) is 39.5 Å². The van der Waals surface area contributed by atoms with E-state index in [9.17, 15) is 13.2 Å². The van der Waals surface area contributed by atoms with Gasteiger partial charge in [0.2, 0.25) is 0 Å². The highest BCUT2D eigenvalue weighted by Crippen LogP contribution is 2.34. The summed E-state index contributed by atoms with van der Waals surface area (Å²) in [5, 5.41) is 9.01. The maximum absolute atomic E-state index is 12.1. The van der Waals surface area contributed by atoms with Gasteiger partial charge in [-0.25, -0.2) is 0 Å². The molecule has 22 heavy (non-hydrogen) atoms. The van der Waals surface area contributed by atoms with Crippen molar-refractivity contribution in [1.82, 2.24) is 13.9 Å². The number of hydrogen-bond donors (Lipinski definition) is 2. The van der Waals surface area contributed by atoms with Crippen LogP contribution < -0.4 is 4.72 Å². The van der Waals surface area contributed by atoms with E-state index in [2.05, 4.69) is 4.72 Å². The SMILES string of the molecule is CC(C)N(C)S(=O)(=O)NC1CC(N(CC(=O)O)CC2CC2)C1. The molecule has 0 spiro atoms. The van der Waals surface area contributed by atoms with E-state index in [1.54, 1.807) is 7.05 Å². The van der Waals surface area contributed by atoms with E-state index in [4.69, 9.17) is 5.11 Å². The van der Waals surface area contributed by atoms with Crippen molar-refractivity contribution < 1.29 is 18.3 Å². The lowest BCUT2D eigenvalue weighted by Gasteiger charge is -2.43. The van der Waals surface area contributed by atoms with Crippen molar-refractivity contribution in [2.75, 3.05) is 20.1 Å². The van der Waals surface area contributed by atoms with Crippen LogP contribution in [0.3, 0.4) is 0 Å². The second kappa shape index (κ2) is 6.82. The summed E-state index contributed by atoms with van der Waals surface area (Å²) in [6.45, 7) is 4.52. The van der Waals surface area contributed by atoms with Crippen LogP contribution in [0.15, 0.2) is 0 Å². The molecule has 0 bridgehead atoms. The Morgan fingerprint density at radius 1 is 1.32 bits per heavy atom. The Balaban J connectivity index is 1.83. The number of hydrogen-bond acceptors (Lipinski definition) is 4. The number of nitrogens with one attached hydrogen (secondary N) is 1. The van der Waals surface area contributed by atoms with Crippen LogP contribution in [0.5, 0.6) is 0 Å². The van der Waals surface area contributed by atoms with Gasteiger partial charge < -0.3 is 5.11 Å². The fourth-order valence-corrected chi connectivity index (χ4v) is 4.04. The molecule has 0 radical (unpaired) electrons. The molecule has 0 heterocycles. The first-order chi connectivity index (χ1) is 10.2. The molecule has 0 aromatic rings. The molecule has 0 amide bonds. The Bertz CT molecular complexity index is 498. The predicted molar refractivity (Wildman–Crippen MR) is 83.7 cm³/mol. The molecule has 0 saturated heterocycles. The lowest BCUT2D eigenvalue weighted by molar-refractivity contribution is -0.139. The maximum atomic E-state index is 12.1. The summed E-state index contributed by atoms with van der Waals surface area (Å²) in [7, 11) is -1.89. The van der Waals surface area contributed by atoms with Crippen molar-refractivity contribution in [3.8, 4) is 0 Å². The fourth-order valence-electron chi connectivity index (χ4n) is 2.70. The molecule has 0 aromatic carbocycles. The molecule has 7 nitrogen and oxygen atoms in total. The lowest BCUT2D eigenvalue weighted by atomic mass is 9.86. The molecular formula is C14H27N3O4S. The Hall–Kier alpha value is -0.700. The number of carbonyl (C=O) groups is 1. The van der Waals surface area contributed by atoms with Gasteiger partial charge in [0.25, 0.3) is 10.2 Å². The Morgan fingerprint density at radius 2 is 1.91 bits per heavy atom. The van der Waals surface area contributed by atoms with Crippen molar-refractivity contribution in [3.05, 3.63) is 0 Å². The molecule has 2 saturated carbocycles. The van der Waals surface area contributed by atoms with E-state index in [0.717, 1.165) is 6.54 Å². The molecule has 0 aromatic heterocycles. The van der Waals surface area contributed by atoms with Crippen LogP contribution in [0, 0.1) is 5.92 Å². The summed E-state index contributed by atoms with van der Waals surface area (Å²) in [5.41, 5.74) is 0. The molecule has 8 heteroatoms. The molecule has 2 aliphatic rings. The maximum Gasteiger partial charge on any atom is 0.317 e. The highest BCUT2D eigenvalue weighted by molar-refractivity contribution is 7.87. The van der Waals surface area contributed by atoms with Crippen molar-refractivity contribution in [3.63, 3.8) is 0 Å². The summed E-state index contributed by atoms with van der Waals surface area (Å²) in [5.74, 6) is -0.189. The highest BCUT2D eigenvalue weighted by Gasteiger charge is 2.39. The number of rotatable bonds is 9. The summed E-state index contributed by atoms with van der Waals surface area (Å²) < 4.78 is 28.3. The quantitative estimate of drug-likeness (QED) is 0.641. The summed E-state index contributed by atoms with van der Waals surface area (Å²) in [6, 6.07) is -0.00722. The molecule has 2 fully saturated rings. The molecular weight excluding hydrogens is 306 g/mol. The average Bonchev–Trinajstić information content (AvgIpc) is 3.14. The zero-order chi connectivity index (χ0) is 16.5. The molecule has 0 unspecified atom stereocenters. The Kier molecular flexibility index (Phi) is 5.47. The highest BCUT2D eigenvalue weighted by atomic mass is 32.2. The standard InChI is InChI=1S/C14H27N3O4S/c1-10(2)16(3)22(20,21)15-12-6-13(7-12)17(9-14(18)19)8-11-4-5-11/h10-13,15H,4-9H2,1-3H3,(H,18,19). The summed E-state index contributed by atoms with van der Waals surface area (Å²) in [6.07, 6.45) is 3.73. The lowest BCUT2D eigenvalue weighted by Crippen LogP contribution is -2.57. The minimum absolute atomic E-state index is 0.0481. The predicted octanol–water partition coefficient (Wildman–Crippen LogP) is 0.489. The van der Waals surface area contributed by atoms with E-state index in [-0.39, 0.29) is 24.7 Å². The van der Waals surface area contributed by atoms with E-state index in [0.29, 0.717) is 18.8 Å². The van der Waals surface area contributed by atoms with Gasteiger partial charge >= 0.3 is 5.97 Å². The van der Waals surface area contributed by atoms with Crippen LogP contribution >= 0.6 is 0 Å². The first kappa shape index (κ1) is 17.7. The zero-order valence-corrected chi connectivity index (χ0v) is 14.3. The van der Waals surface area contributed by atoms with Crippen molar-refractivity contribution in [1.29, 1.82) is 0 Å². The van der Waals surface area contributed by atoms with Crippen LogP contribution in [0.25, 0.3) is 0 Å². The molecule has 0 atom stereocenters. The number of carboxylic acid groups (broad SMARTS) is 1. The van der Waals surface area contributed by atoms with E-state index in [1.165, 1.54) is 17.1 Å². The smallest absolute Gasteiger partial charge is 0.317 e. The summed E-state index contributed by atoms with van der Waals surface area (Å²) in [4.78, 5) is 13.0. The first-order valence-electron chi connectivity index (χ1n) is 7.90. The average molecular weight is 333 g/mol. The van der Waals surface area contributed by atoms with Crippen molar-refractivity contribution >= 4 is 16.2 Å². The second-order valence-corrected chi connectivity index (χ2v) is 8.58. The molecule has 2 rings (SSSR count). The van der Waals surface area contributed by atoms with Gasteiger partial charge in [-0.05, 0) is 45.4 Å². The minimum Gasteiger partial charge on any atom is -0.480 e. The number of carboxylic acids is 1. The fraction of sp³-hybridized carbons (Fsp3) is 0.929. The van der Waals surface area contributed by atoms with Gasteiger partial charge in [-0.3, -0.25) is 9.69 Å². The largest absolute Gasteiger partial charge is 0.480 e. The first-order valence-corrected chi connectivity index (χ1v) is 9.34.